The Hall–Kier alpha value is -0.350. The van der Waals surface area contributed by atoms with Gasteiger partial charge in [0.25, 0.3) is 0 Å². The van der Waals surface area contributed by atoms with Gasteiger partial charge in [0.05, 0.1) is 5.75 Å². The van der Waals surface area contributed by atoms with Crippen LogP contribution in [-0.2, 0) is 9.84 Å². The Labute approximate surface area is 99.2 Å². The zero-order valence-electron chi connectivity index (χ0n) is 10.1. The maximum absolute atomic E-state index is 11.4. The van der Waals surface area contributed by atoms with E-state index in [1.165, 1.54) is 12.8 Å². The second-order valence-corrected chi connectivity index (χ2v) is 6.73. The topological polar surface area (TPSA) is 46.2 Å². The van der Waals surface area contributed by atoms with Crippen LogP contribution < -0.4 is 5.32 Å². The van der Waals surface area contributed by atoms with Crippen molar-refractivity contribution in [3.63, 3.8) is 0 Å². The molecule has 0 aromatic heterocycles. The van der Waals surface area contributed by atoms with Crippen molar-refractivity contribution in [2.24, 2.45) is 0 Å². The SMILES string of the molecule is CCCS(=O)(=O)CC/C=C/CCNC1CC1. The van der Waals surface area contributed by atoms with Gasteiger partial charge in [0, 0.05) is 11.8 Å². The predicted molar refractivity (Wildman–Crippen MR) is 68.3 cm³/mol. The molecular weight excluding hydrogens is 222 g/mol. The molecule has 1 aliphatic rings. The van der Waals surface area contributed by atoms with Crippen LogP contribution in [0.4, 0.5) is 0 Å². The van der Waals surface area contributed by atoms with E-state index < -0.39 is 9.84 Å². The molecule has 1 aliphatic carbocycles. The highest BCUT2D eigenvalue weighted by atomic mass is 32.2. The van der Waals surface area contributed by atoms with Crippen molar-refractivity contribution in [3.8, 4) is 0 Å². The molecule has 0 amide bonds. The van der Waals surface area contributed by atoms with E-state index in [2.05, 4.69) is 11.4 Å². The largest absolute Gasteiger partial charge is 0.314 e. The third kappa shape index (κ3) is 7.01. The summed E-state index contributed by atoms with van der Waals surface area (Å²) in [6.07, 6.45) is 9.09. The lowest BCUT2D eigenvalue weighted by molar-refractivity contribution is 0.594. The number of hydrogen-bond donors (Lipinski definition) is 1. The second-order valence-electron chi connectivity index (χ2n) is 4.43. The van der Waals surface area contributed by atoms with E-state index in [0.717, 1.165) is 25.4 Å². The van der Waals surface area contributed by atoms with Crippen molar-refractivity contribution >= 4 is 9.84 Å². The van der Waals surface area contributed by atoms with Gasteiger partial charge in [0.15, 0.2) is 9.84 Å². The van der Waals surface area contributed by atoms with E-state index in [-0.39, 0.29) is 0 Å². The molecule has 0 spiro atoms. The number of allylic oxidation sites excluding steroid dienone is 1. The van der Waals surface area contributed by atoms with Gasteiger partial charge in [-0.2, -0.15) is 0 Å². The van der Waals surface area contributed by atoms with Crippen molar-refractivity contribution in [3.05, 3.63) is 12.2 Å². The van der Waals surface area contributed by atoms with Crippen molar-refractivity contribution < 1.29 is 8.42 Å². The Morgan fingerprint density at radius 2 is 1.88 bits per heavy atom. The molecule has 1 fully saturated rings. The highest BCUT2D eigenvalue weighted by molar-refractivity contribution is 7.91. The molecule has 1 saturated carbocycles. The van der Waals surface area contributed by atoms with Crippen molar-refractivity contribution in [2.75, 3.05) is 18.1 Å². The molecule has 0 aromatic rings. The van der Waals surface area contributed by atoms with Crippen LogP contribution in [0, 0.1) is 0 Å². The zero-order valence-corrected chi connectivity index (χ0v) is 10.9. The average molecular weight is 245 g/mol. The molecule has 0 saturated heterocycles. The van der Waals surface area contributed by atoms with Gasteiger partial charge in [0.2, 0.25) is 0 Å². The summed E-state index contributed by atoms with van der Waals surface area (Å²) in [5.41, 5.74) is 0. The highest BCUT2D eigenvalue weighted by Gasteiger charge is 2.19. The smallest absolute Gasteiger partial charge is 0.150 e. The zero-order chi connectivity index (χ0) is 11.9. The summed E-state index contributed by atoms with van der Waals surface area (Å²) in [5, 5.41) is 3.41. The number of sulfone groups is 1. The van der Waals surface area contributed by atoms with Gasteiger partial charge in [0.1, 0.15) is 0 Å². The molecule has 1 N–H and O–H groups in total. The summed E-state index contributed by atoms with van der Waals surface area (Å²) in [6, 6.07) is 0.762. The fourth-order valence-corrected chi connectivity index (χ4v) is 2.88. The number of hydrogen-bond acceptors (Lipinski definition) is 3. The molecule has 3 nitrogen and oxygen atoms in total. The molecule has 4 heteroatoms. The van der Waals surface area contributed by atoms with E-state index in [0.29, 0.717) is 17.9 Å². The molecule has 0 bridgehead atoms. The van der Waals surface area contributed by atoms with E-state index in [1.54, 1.807) is 0 Å². The fraction of sp³-hybridized carbons (Fsp3) is 0.833. The minimum Gasteiger partial charge on any atom is -0.314 e. The summed E-state index contributed by atoms with van der Waals surface area (Å²) in [6.45, 7) is 2.92. The number of rotatable bonds is 9. The average Bonchev–Trinajstić information content (AvgIpc) is 3.00. The Balaban J connectivity index is 1.98. The van der Waals surface area contributed by atoms with Crippen molar-refractivity contribution in [1.29, 1.82) is 0 Å². The van der Waals surface area contributed by atoms with Gasteiger partial charge in [-0.05, 0) is 38.6 Å². The lowest BCUT2D eigenvalue weighted by atomic mass is 10.3. The van der Waals surface area contributed by atoms with Crippen LogP contribution in [0.1, 0.15) is 39.0 Å². The first-order chi connectivity index (χ1) is 7.64. The quantitative estimate of drug-likeness (QED) is 0.498. The summed E-state index contributed by atoms with van der Waals surface area (Å²) in [4.78, 5) is 0. The molecule has 0 atom stereocenters. The maximum atomic E-state index is 11.4. The van der Waals surface area contributed by atoms with Crippen molar-refractivity contribution in [1.82, 2.24) is 5.32 Å². The van der Waals surface area contributed by atoms with Gasteiger partial charge in [-0.3, -0.25) is 0 Å². The molecule has 94 valence electrons. The van der Waals surface area contributed by atoms with Crippen LogP contribution in [-0.4, -0.2) is 32.5 Å². The molecular formula is C12H23NO2S. The summed E-state index contributed by atoms with van der Waals surface area (Å²) in [5.74, 6) is 0.622. The Morgan fingerprint density at radius 1 is 1.19 bits per heavy atom. The third-order valence-corrected chi connectivity index (χ3v) is 4.49. The van der Waals surface area contributed by atoms with Crippen LogP contribution in [0.5, 0.6) is 0 Å². The monoisotopic (exact) mass is 245 g/mol. The van der Waals surface area contributed by atoms with Crippen LogP contribution >= 0.6 is 0 Å². The van der Waals surface area contributed by atoms with Gasteiger partial charge in [-0.15, -0.1) is 0 Å². The van der Waals surface area contributed by atoms with E-state index >= 15 is 0 Å². The highest BCUT2D eigenvalue weighted by Crippen LogP contribution is 2.18. The Kier molecular flexibility index (Phi) is 6.06. The van der Waals surface area contributed by atoms with Gasteiger partial charge < -0.3 is 5.32 Å². The normalized spacial score (nSPS) is 17.1. The van der Waals surface area contributed by atoms with Gasteiger partial charge in [-0.25, -0.2) is 8.42 Å². The molecule has 0 aliphatic heterocycles. The minimum atomic E-state index is -2.79. The first-order valence-electron chi connectivity index (χ1n) is 6.23. The van der Waals surface area contributed by atoms with Crippen molar-refractivity contribution in [2.45, 2.75) is 45.1 Å². The fourth-order valence-electron chi connectivity index (χ4n) is 1.55. The lowest BCUT2D eigenvalue weighted by Crippen LogP contribution is -2.16. The second kappa shape index (κ2) is 7.07. The van der Waals surface area contributed by atoms with Crippen LogP contribution in [0.25, 0.3) is 0 Å². The predicted octanol–water partition coefficient (Wildman–Crippen LogP) is 1.90. The van der Waals surface area contributed by atoms with Crippen LogP contribution in [0.3, 0.4) is 0 Å². The molecule has 16 heavy (non-hydrogen) atoms. The number of nitrogens with one attached hydrogen (secondary N) is 1. The lowest BCUT2D eigenvalue weighted by Gasteiger charge is -1.99. The maximum Gasteiger partial charge on any atom is 0.150 e. The van der Waals surface area contributed by atoms with E-state index in [4.69, 9.17) is 0 Å². The third-order valence-electron chi connectivity index (χ3n) is 2.60. The summed E-state index contributed by atoms with van der Waals surface area (Å²) >= 11 is 0. The Bertz CT molecular complexity index is 305. The van der Waals surface area contributed by atoms with Crippen LogP contribution in [0.15, 0.2) is 12.2 Å². The summed E-state index contributed by atoms with van der Waals surface area (Å²) < 4.78 is 22.7. The summed E-state index contributed by atoms with van der Waals surface area (Å²) in [7, 11) is -2.79. The Morgan fingerprint density at radius 3 is 2.50 bits per heavy atom. The molecule has 0 radical (unpaired) electrons. The molecule has 0 unspecified atom stereocenters. The van der Waals surface area contributed by atoms with Gasteiger partial charge >= 0.3 is 0 Å². The molecule has 1 rings (SSSR count). The standard InChI is InChI=1S/C12H23NO2S/c1-2-10-16(14,15)11-6-4-3-5-9-13-12-7-8-12/h3-4,12-13H,2,5-11H2,1H3/b4-3+. The van der Waals surface area contributed by atoms with E-state index in [9.17, 15) is 8.42 Å². The molecule has 0 heterocycles. The first kappa shape index (κ1) is 13.7. The van der Waals surface area contributed by atoms with Crippen LogP contribution in [0.2, 0.25) is 0 Å². The molecule has 0 aromatic carbocycles. The minimum absolute atomic E-state index is 0.299. The first-order valence-corrected chi connectivity index (χ1v) is 8.05. The van der Waals surface area contributed by atoms with Gasteiger partial charge in [-0.1, -0.05) is 19.1 Å². The van der Waals surface area contributed by atoms with E-state index in [1.807, 2.05) is 13.0 Å².